The maximum absolute atomic E-state index is 10.9. The Morgan fingerprint density at radius 3 is 2.54 bits per heavy atom. The van der Waals surface area contributed by atoms with E-state index in [1.54, 1.807) is 12.1 Å². The zero-order valence-corrected chi connectivity index (χ0v) is 15.5. The van der Waals surface area contributed by atoms with Crippen LogP contribution in [0.1, 0.15) is 19.8 Å². The fraction of sp³-hybridized carbons (Fsp3) is 0.421. The summed E-state index contributed by atoms with van der Waals surface area (Å²) in [4.78, 5) is 22.4. The largest absolute Gasteiger partial charge is 0.371 e. The second-order valence-corrected chi connectivity index (χ2v) is 7.23. The van der Waals surface area contributed by atoms with Crippen molar-refractivity contribution in [3.8, 4) is 11.4 Å². The van der Waals surface area contributed by atoms with E-state index in [-0.39, 0.29) is 17.9 Å². The third-order valence-corrected chi connectivity index (χ3v) is 5.46. The Labute approximate surface area is 161 Å². The summed E-state index contributed by atoms with van der Waals surface area (Å²) in [6.45, 7) is 4.34. The third kappa shape index (κ3) is 2.78. The average Bonchev–Trinajstić information content (AvgIpc) is 3.29. The van der Waals surface area contributed by atoms with E-state index in [9.17, 15) is 10.1 Å². The van der Waals surface area contributed by atoms with E-state index in [2.05, 4.69) is 10.00 Å². The molecule has 0 N–H and O–H groups in total. The molecule has 2 bridgehead atoms. The Bertz CT molecular complexity index is 1040. The predicted octanol–water partition coefficient (Wildman–Crippen LogP) is 2.79. The van der Waals surface area contributed by atoms with Gasteiger partial charge in [-0.3, -0.25) is 10.1 Å². The molecule has 0 spiro atoms. The lowest BCUT2D eigenvalue weighted by molar-refractivity contribution is -0.384. The van der Waals surface area contributed by atoms with Gasteiger partial charge >= 0.3 is 0 Å². The number of aromatic nitrogens is 4. The van der Waals surface area contributed by atoms with Gasteiger partial charge in [-0.25, -0.2) is 14.6 Å². The number of fused-ring (bicyclic) bond motifs is 3. The summed E-state index contributed by atoms with van der Waals surface area (Å²) >= 11 is 0. The van der Waals surface area contributed by atoms with Crippen molar-refractivity contribution >= 4 is 22.5 Å². The fourth-order valence-corrected chi connectivity index (χ4v) is 4.06. The first-order valence-corrected chi connectivity index (χ1v) is 9.51. The Morgan fingerprint density at radius 1 is 1.18 bits per heavy atom. The number of aryl methyl sites for hydroxylation is 1. The number of anilines is 1. The standard InChI is InChI=1S/C19H20N6O3/c1-2-24-19-16(9-20-24)18(23-10-14-7-8-15(11-23)28-14)21-17(22-19)12-3-5-13(6-4-12)25(26)27/h3-6,9,14-15H,2,7-8,10-11H2,1H3. The van der Waals surface area contributed by atoms with Gasteiger partial charge in [-0.2, -0.15) is 5.10 Å². The molecule has 2 atom stereocenters. The summed E-state index contributed by atoms with van der Waals surface area (Å²) in [6.07, 6.45) is 4.48. The molecule has 2 unspecified atom stereocenters. The number of nitrogens with zero attached hydrogens (tertiary/aromatic N) is 6. The molecule has 0 aliphatic carbocycles. The lowest BCUT2D eigenvalue weighted by Gasteiger charge is -2.33. The molecule has 5 rings (SSSR count). The highest BCUT2D eigenvalue weighted by molar-refractivity contribution is 5.89. The van der Waals surface area contributed by atoms with Gasteiger partial charge in [0.2, 0.25) is 0 Å². The SMILES string of the molecule is CCn1ncc2c(N3CC4CCC(C3)O4)nc(-c3ccc([N+](=O)[O-])cc3)nc21. The first-order chi connectivity index (χ1) is 13.6. The van der Waals surface area contributed by atoms with Gasteiger partial charge in [0.1, 0.15) is 5.82 Å². The summed E-state index contributed by atoms with van der Waals surface area (Å²) in [5, 5.41) is 16.3. The van der Waals surface area contributed by atoms with E-state index in [1.165, 1.54) is 12.1 Å². The summed E-state index contributed by atoms with van der Waals surface area (Å²) in [7, 11) is 0. The number of hydrogen-bond acceptors (Lipinski definition) is 7. The molecule has 28 heavy (non-hydrogen) atoms. The predicted molar refractivity (Wildman–Crippen MR) is 103 cm³/mol. The van der Waals surface area contributed by atoms with Crippen LogP contribution in [0.3, 0.4) is 0 Å². The molecule has 0 saturated carbocycles. The first kappa shape index (κ1) is 17.1. The van der Waals surface area contributed by atoms with Gasteiger partial charge in [-0.15, -0.1) is 0 Å². The van der Waals surface area contributed by atoms with Crippen LogP contribution in [0.25, 0.3) is 22.4 Å². The summed E-state index contributed by atoms with van der Waals surface area (Å²) < 4.78 is 7.82. The van der Waals surface area contributed by atoms with Crippen molar-refractivity contribution in [1.29, 1.82) is 0 Å². The Morgan fingerprint density at radius 2 is 1.89 bits per heavy atom. The number of non-ortho nitro benzene ring substituents is 1. The summed E-state index contributed by atoms with van der Waals surface area (Å²) in [5.41, 5.74) is 1.57. The van der Waals surface area contributed by atoms with Gasteiger partial charge < -0.3 is 9.64 Å². The van der Waals surface area contributed by atoms with Crippen LogP contribution in [0.2, 0.25) is 0 Å². The quantitative estimate of drug-likeness (QED) is 0.507. The molecule has 0 amide bonds. The van der Waals surface area contributed by atoms with E-state index in [0.29, 0.717) is 12.4 Å². The normalized spacial score (nSPS) is 21.4. The van der Waals surface area contributed by atoms with Crippen molar-refractivity contribution in [1.82, 2.24) is 19.7 Å². The smallest absolute Gasteiger partial charge is 0.269 e. The first-order valence-electron chi connectivity index (χ1n) is 9.51. The summed E-state index contributed by atoms with van der Waals surface area (Å²) in [5.74, 6) is 1.41. The van der Waals surface area contributed by atoms with E-state index in [1.807, 2.05) is 17.8 Å². The van der Waals surface area contributed by atoms with E-state index >= 15 is 0 Å². The molecule has 3 aromatic rings. The van der Waals surface area contributed by atoms with Crippen LogP contribution in [-0.2, 0) is 11.3 Å². The maximum atomic E-state index is 10.9. The van der Waals surface area contributed by atoms with E-state index in [0.717, 1.165) is 48.3 Å². The molecule has 4 heterocycles. The molecule has 9 heteroatoms. The Hall–Kier alpha value is -3.07. The van der Waals surface area contributed by atoms with Crippen LogP contribution in [0.15, 0.2) is 30.5 Å². The second kappa shape index (κ2) is 6.52. The van der Waals surface area contributed by atoms with Crippen molar-refractivity contribution in [3.63, 3.8) is 0 Å². The van der Waals surface area contributed by atoms with Gasteiger partial charge in [-0.05, 0) is 31.9 Å². The molecule has 2 fully saturated rings. The molecular formula is C19H20N6O3. The topological polar surface area (TPSA) is 99.2 Å². The van der Waals surface area contributed by atoms with Crippen LogP contribution in [0, 0.1) is 10.1 Å². The lowest BCUT2D eigenvalue weighted by atomic mass is 10.2. The molecule has 2 aliphatic rings. The minimum Gasteiger partial charge on any atom is -0.371 e. The van der Waals surface area contributed by atoms with Gasteiger partial charge in [0.15, 0.2) is 11.5 Å². The monoisotopic (exact) mass is 380 g/mol. The fourth-order valence-electron chi connectivity index (χ4n) is 4.06. The van der Waals surface area contributed by atoms with E-state index in [4.69, 9.17) is 14.7 Å². The zero-order chi connectivity index (χ0) is 19.3. The number of ether oxygens (including phenoxy) is 1. The minimum atomic E-state index is -0.408. The van der Waals surface area contributed by atoms with Crippen molar-refractivity contribution in [3.05, 3.63) is 40.6 Å². The zero-order valence-electron chi connectivity index (χ0n) is 15.5. The Kier molecular flexibility index (Phi) is 3.97. The Balaban J connectivity index is 1.62. The molecule has 9 nitrogen and oxygen atoms in total. The minimum absolute atomic E-state index is 0.0495. The second-order valence-electron chi connectivity index (χ2n) is 7.23. The lowest BCUT2D eigenvalue weighted by Crippen LogP contribution is -2.43. The van der Waals surface area contributed by atoms with Crippen molar-refractivity contribution < 1.29 is 9.66 Å². The highest BCUT2D eigenvalue weighted by Crippen LogP contribution is 2.33. The number of rotatable bonds is 4. The van der Waals surface area contributed by atoms with Crippen LogP contribution in [0.4, 0.5) is 11.5 Å². The third-order valence-electron chi connectivity index (χ3n) is 5.46. The molecule has 2 aliphatic heterocycles. The van der Waals surface area contributed by atoms with Crippen molar-refractivity contribution in [2.24, 2.45) is 0 Å². The van der Waals surface area contributed by atoms with Crippen LogP contribution in [-0.4, -0.2) is 50.0 Å². The molecule has 2 aromatic heterocycles. The highest BCUT2D eigenvalue weighted by atomic mass is 16.6. The number of benzene rings is 1. The van der Waals surface area contributed by atoms with Gasteiger partial charge in [-0.1, -0.05) is 0 Å². The average molecular weight is 380 g/mol. The molecule has 0 radical (unpaired) electrons. The number of morpholine rings is 1. The van der Waals surface area contributed by atoms with Crippen molar-refractivity contribution in [2.45, 2.75) is 38.5 Å². The molecular weight excluding hydrogens is 360 g/mol. The molecule has 2 saturated heterocycles. The molecule has 1 aromatic carbocycles. The number of nitro benzene ring substituents is 1. The van der Waals surface area contributed by atoms with Crippen LogP contribution >= 0.6 is 0 Å². The van der Waals surface area contributed by atoms with Gasteiger partial charge in [0.05, 0.1) is 28.7 Å². The van der Waals surface area contributed by atoms with Crippen LogP contribution < -0.4 is 4.90 Å². The summed E-state index contributed by atoms with van der Waals surface area (Å²) in [6, 6.07) is 6.35. The van der Waals surface area contributed by atoms with Crippen LogP contribution in [0.5, 0.6) is 0 Å². The van der Waals surface area contributed by atoms with Gasteiger partial charge in [0.25, 0.3) is 5.69 Å². The number of nitro groups is 1. The number of hydrogen-bond donors (Lipinski definition) is 0. The van der Waals surface area contributed by atoms with Gasteiger partial charge in [0, 0.05) is 37.3 Å². The van der Waals surface area contributed by atoms with Crippen molar-refractivity contribution in [2.75, 3.05) is 18.0 Å². The maximum Gasteiger partial charge on any atom is 0.269 e. The van der Waals surface area contributed by atoms with E-state index < -0.39 is 4.92 Å². The highest BCUT2D eigenvalue weighted by Gasteiger charge is 2.35. The molecule has 144 valence electrons.